The van der Waals surface area contributed by atoms with Crippen molar-refractivity contribution in [2.45, 2.75) is 51.9 Å². The third kappa shape index (κ3) is 6.36. The van der Waals surface area contributed by atoms with Crippen molar-refractivity contribution in [3.8, 4) is 23.1 Å². The lowest BCUT2D eigenvalue weighted by Crippen LogP contribution is -2.36. The summed E-state index contributed by atoms with van der Waals surface area (Å²) in [6.07, 6.45) is 5.52. The number of aromatic nitrogens is 6. The van der Waals surface area contributed by atoms with Crippen molar-refractivity contribution < 1.29 is 18.8 Å². The van der Waals surface area contributed by atoms with Gasteiger partial charge in [-0.25, -0.2) is 4.98 Å². The van der Waals surface area contributed by atoms with E-state index >= 15 is 0 Å². The second-order valence-electron chi connectivity index (χ2n) is 10.8. The fourth-order valence-electron chi connectivity index (χ4n) is 4.93. The number of ether oxygens (including phenoxy) is 2. The first kappa shape index (κ1) is 30.1. The molecule has 0 aromatic carbocycles. The van der Waals surface area contributed by atoms with Crippen molar-refractivity contribution in [2.24, 2.45) is 0 Å². The quantitative estimate of drug-likeness (QED) is 0.217. The number of hydrogen-bond donors (Lipinski definition) is 1. The van der Waals surface area contributed by atoms with Crippen LogP contribution in [0.4, 0.5) is 11.6 Å². The van der Waals surface area contributed by atoms with Gasteiger partial charge in [-0.1, -0.05) is 28.2 Å². The number of nitrogens with two attached hydrogens (primary N) is 1. The zero-order valence-electron chi connectivity index (χ0n) is 25.1. The number of hydrogen-bond acceptors (Lipinski definition) is 12. The highest BCUT2D eigenvalue weighted by Crippen LogP contribution is 2.36. The molecule has 226 valence electrons. The number of rotatable bonds is 9. The molecule has 0 bridgehead atoms. The molecule has 13 nitrogen and oxygen atoms in total. The number of anilines is 2. The molecule has 1 aliphatic heterocycles. The zero-order chi connectivity index (χ0) is 30.8. The second-order valence-corrected chi connectivity index (χ2v) is 11.7. The summed E-state index contributed by atoms with van der Waals surface area (Å²) in [5.74, 6) is 2.36. The van der Waals surface area contributed by atoms with Crippen LogP contribution in [0.2, 0.25) is 0 Å². The van der Waals surface area contributed by atoms with E-state index in [4.69, 9.17) is 24.7 Å². The number of likely N-dealkylation sites (N-methyl/N-ethyl adjacent to an activating group) is 1. The maximum absolute atomic E-state index is 13.0. The lowest BCUT2D eigenvalue weighted by Gasteiger charge is -2.27. The highest BCUT2D eigenvalue weighted by Gasteiger charge is 2.30. The minimum atomic E-state index is -0.141. The third-order valence-electron chi connectivity index (χ3n) is 7.24. The lowest BCUT2D eigenvalue weighted by molar-refractivity contribution is -0.124. The number of pyridine rings is 2. The molecule has 0 aliphatic carbocycles. The van der Waals surface area contributed by atoms with Crippen LogP contribution in [0.1, 0.15) is 50.4 Å². The minimum Gasteiger partial charge on any atom is -0.485 e. The van der Waals surface area contributed by atoms with Gasteiger partial charge < -0.3 is 29.5 Å². The molecule has 0 spiro atoms. The first-order valence-electron chi connectivity index (χ1n) is 14.0. The topological polar surface area (TPSA) is 159 Å². The number of amides is 1. The summed E-state index contributed by atoms with van der Waals surface area (Å²) in [5, 5.41) is 4.68. The fraction of sp³-hybridized carbons (Fsp3) is 0.414. The summed E-state index contributed by atoms with van der Waals surface area (Å²) in [6.45, 7) is 8.90. The number of aryl methyl sites for hydroxylation is 1. The van der Waals surface area contributed by atoms with Crippen molar-refractivity contribution in [1.29, 1.82) is 0 Å². The predicted octanol–water partition coefficient (Wildman–Crippen LogP) is 3.84. The number of likely N-dealkylation sites (tertiary alicyclic amines) is 1. The Labute approximate surface area is 252 Å². The Balaban J connectivity index is 1.42. The van der Waals surface area contributed by atoms with Crippen LogP contribution in [0.5, 0.6) is 11.8 Å². The average molecular weight is 606 g/mol. The van der Waals surface area contributed by atoms with Gasteiger partial charge in [-0.2, -0.15) is 15.0 Å². The van der Waals surface area contributed by atoms with Crippen LogP contribution >= 0.6 is 9.24 Å². The number of fused-ring (bicyclic) bond motifs is 1. The molecule has 4 aromatic heterocycles. The van der Waals surface area contributed by atoms with Gasteiger partial charge >= 0.3 is 6.01 Å². The van der Waals surface area contributed by atoms with Gasteiger partial charge in [0.15, 0.2) is 5.82 Å². The van der Waals surface area contributed by atoms with E-state index in [-0.39, 0.29) is 29.7 Å². The van der Waals surface area contributed by atoms with Crippen LogP contribution in [0.25, 0.3) is 28.4 Å². The molecule has 4 aromatic rings. The summed E-state index contributed by atoms with van der Waals surface area (Å²) < 4.78 is 16.7. The summed E-state index contributed by atoms with van der Waals surface area (Å²) >= 11 is 0. The van der Waals surface area contributed by atoms with Crippen molar-refractivity contribution in [3.63, 3.8) is 0 Å². The van der Waals surface area contributed by atoms with Crippen molar-refractivity contribution in [1.82, 2.24) is 35.0 Å². The van der Waals surface area contributed by atoms with Crippen LogP contribution in [0.3, 0.4) is 0 Å². The van der Waals surface area contributed by atoms with E-state index in [1.165, 1.54) is 13.2 Å². The molecule has 3 unspecified atom stereocenters. The fourth-order valence-corrected chi connectivity index (χ4v) is 5.08. The van der Waals surface area contributed by atoms with Gasteiger partial charge in [0.1, 0.15) is 28.9 Å². The zero-order valence-corrected chi connectivity index (χ0v) is 26.3. The number of carbonyl (C=O) groups is 1. The molecule has 1 saturated heterocycles. The maximum atomic E-state index is 13.0. The molecule has 2 N–H and O–H groups in total. The number of nitrogens with zero attached hydrogens (tertiary/aromatic N) is 8. The molecule has 43 heavy (non-hydrogen) atoms. The number of methoxy groups -OCH3 is 1. The Bertz CT molecular complexity index is 1670. The Morgan fingerprint density at radius 3 is 2.70 bits per heavy atom. The molecule has 5 heterocycles. The predicted molar refractivity (Wildman–Crippen MR) is 167 cm³/mol. The first-order chi connectivity index (χ1) is 20.5. The summed E-state index contributed by atoms with van der Waals surface area (Å²) in [5.41, 5.74) is 8.61. The second kappa shape index (κ2) is 12.5. The van der Waals surface area contributed by atoms with E-state index in [9.17, 15) is 4.79 Å². The highest BCUT2D eigenvalue weighted by atomic mass is 31.0. The maximum Gasteiger partial charge on any atom is 0.318 e. The highest BCUT2D eigenvalue weighted by molar-refractivity contribution is 7.17. The summed E-state index contributed by atoms with van der Waals surface area (Å²) in [6, 6.07) is 3.71. The molecule has 5 rings (SSSR count). The Morgan fingerprint density at radius 1 is 1.21 bits per heavy atom. The number of nitrogen functional groups attached to an aromatic ring is 1. The smallest absolute Gasteiger partial charge is 0.318 e. The van der Waals surface area contributed by atoms with Gasteiger partial charge in [0, 0.05) is 56.0 Å². The Morgan fingerprint density at radius 2 is 2.00 bits per heavy atom. The van der Waals surface area contributed by atoms with Crippen LogP contribution < -0.4 is 20.1 Å². The van der Waals surface area contributed by atoms with Crippen LogP contribution in [-0.4, -0.2) is 80.0 Å². The third-order valence-corrected chi connectivity index (χ3v) is 7.37. The molecule has 1 aliphatic rings. The van der Waals surface area contributed by atoms with Crippen LogP contribution in [-0.2, 0) is 4.79 Å². The van der Waals surface area contributed by atoms with Gasteiger partial charge in [0.25, 0.3) is 5.89 Å². The van der Waals surface area contributed by atoms with Crippen LogP contribution in [0, 0.1) is 6.92 Å². The molecule has 1 amide bonds. The van der Waals surface area contributed by atoms with E-state index in [2.05, 4.69) is 39.2 Å². The number of carbonyl (C=O) groups excluding carboxylic acids is 1. The van der Waals surface area contributed by atoms with Gasteiger partial charge in [-0.3, -0.25) is 9.78 Å². The van der Waals surface area contributed by atoms with Gasteiger partial charge in [-0.15, -0.1) is 0 Å². The van der Waals surface area contributed by atoms with Crippen molar-refractivity contribution in [3.05, 3.63) is 41.7 Å². The van der Waals surface area contributed by atoms with Crippen molar-refractivity contribution >= 4 is 43.8 Å². The molecule has 3 atom stereocenters. The van der Waals surface area contributed by atoms with Gasteiger partial charge in [0.05, 0.1) is 23.7 Å². The van der Waals surface area contributed by atoms with E-state index in [0.29, 0.717) is 59.1 Å². The molecular weight excluding hydrogens is 569 g/mol. The standard InChI is InChI=1S/C29H36N9O4P/c1-15(2)27-33-22(42-36-27)9-10-23(39)38-12-11-18(14-38)37(5)28-19-13-31-25(16(3)24(19)34-29(35-28)40-6)26-20(41-17(4)43)7-8-21(30)32-26/h7-10,13,15,17-18H,11-12,14,43H2,1-6H3,(H2,30,32)/b10-9+. The lowest BCUT2D eigenvalue weighted by atomic mass is 10.1. The Kier molecular flexibility index (Phi) is 8.72. The van der Waals surface area contributed by atoms with Crippen molar-refractivity contribution in [2.75, 3.05) is 37.9 Å². The SMILES string of the molecule is COc1nc(N(C)C2CCN(C(=O)/C=C/c3nc(C(C)C)no3)C2)c2cnc(-c3nc(N)ccc3OC(C)P)c(C)c2n1. The Hall–Kier alpha value is -4.38. The average Bonchev–Trinajstić information content (AvgIpc) is 3.67. The van der Waals surface area contributed by atoms with E-state index in [0.717, 1.165) is 17.4 Å². The molecule has 14 heteroatoms. The minimum absolute atomic E-state index is 0.00946. The first-order valence-corrected chi connectivity index (χ1v) is 14.7. The summed E-state index contributed by atoms with van der Waals surface area (Å²) in [7, 11) is 6.09. The molecule has 1 fully saturated rings. The largest absolute Gasteiger partial charge is 0.485 e. The normalized spacial score (nSPS) is 15.9. The molecule has 0 radical (unpaired) electrons. The van der Waals surface area contributed by atoms with Gasteiger partial charge in [0.2, 0.25) is 5.91 Å². The molecule has 0 saturated carbocycles. The monoisotopic (exact) mass is 605 g/mol. The van der Waals surface area contributed by atoms with E-state index < -0.39 is 0 Å². The molecular formula is C29H36N9O4P. The van der Waals surface area contributed by atoms with E-state index in [1.807, 2.05) is 34.7 Å². The van der Waals surface area contributed by atoms with Gasteiger partial charge in [-0.05, 0) is 32.4 Å². The van der Waals surface area contributed by atoms with E-state index in [1.54, 1.807) is 29.3 Å². The summed E-state index contributed by atoms with van der Waals surface area (Å²) in [4.78, 5) is 39.8. The van der Waals surface area contributed by atoms with Crippen LogP contribution in [0.15, 0.2) is 28.9 Å².